The van der Waals surface area contributed by atoms with Gasteiger partial charge in [-0.2, -0.15) is 0 Å². The average molecular weight is 529 g/mol. The predicted molar refractivity (Wildman–Crippen MR) is 109 cm³/mol. The van der Waals surface area contributed by atoms with Gasteiger partial charge >= 0.3 is 0 Å². The quantitative estimate of drug-likeness (QED) is 0.244. The molecule has 1 aromatic heterocycles. The molecule has 27 heavy (non-hydrogen) atoms. The van der Waals surface area contributed by atoms with Gasteiger partial charge in [-0.05, 0) is 19.1 Å². The molecule has 0 amide bonds. The summed E-state index contributed by atoms with van der Waals surface area (Å²) in [7, 11) is -2.18. The number of H-pyrrole nitrogens is 1. The number of carbonyl (C=O) groups excluding carboxylic acids is 1. The molecule has 1 unspecified atom stereocenters. The van der Waals surface area contributed by atoms with Gasteiger partial charge in [-0.3, -0.25) is 9.59 Å². The highest BCUT2D eigenvalue weighted by atomic mass is 127. The first-order valence-electron chi connectivity index (χ1n) is 7.72. The lowest BCUT2D eigenvalue weighted by atomic mass is 10.1. The van der Waals surface area contributed by atoms with E-state index >= 15 is 0 Å². The Morgan fingerprint density at radius 2 is 2.00 bits per heavy atom. The molecule has 0 saturated carbocycles. The molecule has 0 fully saturated rings. The minimum absolute atomic E-state index is 0.0270. The minimum atomic E-state index is -3.65. The molecule has 2 rings (SSSR count). The van der Waals surface area contributed by atoms with Crippen LogP contribution in [0.25, 0.3) is 0 Å². The van der Waals surface area contributed by atoms with E-state index in [9.17, 15) is 18.0 Å². The standard InChI is InChI=1S/C16H18ClIN2O6S/c1-9(18)20-16(22)11(8-19-20)14(21)10-4-5-12(27(3,23)24)15(13(10)17)26-7-6-25-2/h4-5,8-9,19H,6-7H2,1-3H3. The van der Waals surface area contributed by atoms with E-state index in [-0.39, 0.29) is 44.1 Å². The van der Waals surface area contributed by atoms with Gasteiger partial charge in [-0.1, -0.05) is 34.2 Å². The summed E-state index contributed by atoms with van der Waals surface area (Å²) in [5.74, 6) is -0.770. The van der Waals surface area contributed by atoms with Crippen molar-refractivity contribution in [1.82, 2.24) is 9.78 Å². The highest BCUT2D eigenvalue weighted by molar-refractivity contribution is 14.1. The van der Waals surface area contributed by atoms with Crippen LogP contribution in [0.1, 0.15) is 26.9 Å². The molecular formula is C16H18ClIN2O6S. The van der Waals surface area contributed by atoms with Gasteiger partial charge in [0.25, 0.3) is 5.56 Å². The predicted octanol–water partition coefficient (Wildman–Crippen LogP) is 2.44. The molecule has 1 aromatic carbocycles. The number of aromatic amines is 1. The van der Waals surface area contributed by atoms with Gasteiger partial charge in [0.15, 0.2) is 15.6 Å². The van der Waals surface area contributed by atoms with Crippen LogP contribution in [0.5, 0.6) is 5.75 Å². The molecule has 148 valence electrons. The molecule has 1 heterocycles. The monoisotopic (exact) mass is 528 g/mol. The highest BCUT2D eigenvalue weighted by Gasteiger charge is 2.26. The number of carbonyl (C=O) groups is 1. The third-order valence-corrected chi connectivity index (χ3v) is 5.69. The van der Waals surface area contributed by atoms with Crippen molar-refractivity contribution >= 4 is 49.8 Å². The molecule has 1 atom stereocenters. The van der Waals surface area contributed by atoms with E-state index < -0.39 is 21.2 Å². The Bertz CT molecular complexity index is 1010. The summed E-state index contributed by atoms with van der Waals surface area (Å²) < 4.78 is 35.5. The number of hydrogen-bond donors (Lipinski definition) is 1. The minimum Gasteiger partial charge on any atom is -0.488 e. The average Bonchev–Trinajstić information content (AvgIpc) is 2.96. The molecule has 0 radical (unpaired) electrons. The lowest BCUT2D eigenvalue weighted by Gasteiger charge is -2.14. The fraction of sp³-hybridized carbons (Fsp3) is 0.375. The number of aromatic nitrogens is 2. The molecule has 2 aromatic rings. The zero-order valence-corrected chi connectivity index (χ0v) is 18.5. The summed E-state index contributed by atoms with van der Waals surface area (Å²) in [6.07, 6.45) is 2.31. The molecular weight excluding hydrogens is 511 g/mol. The third-order valence-electron chi connectivity index (χ3n) is 3.64. The zero-order chi connectivity index (χ0) is 20.4. The van der Waals surface area contributed by atoms with Crippen molar-refractivity contribution in [3.63, 3.8) is 0 Å². The van der Waals surface area contributed by atoms with Crippen molar-refractivity contribution in [1.29, 1.82) is 0 Å². The van der Waals surface area contributed by atoms with Crippen LogP contribution in [0.3, 0.4) is 0 Å². The first kappa shape index (κ1) is 21.9. The largest absolute Gasteiger partial charge is 0.488 e. The second-order valence-corrected chi connectivity index (χ2v) is 9.80. The van der Waals surface area contributed by atoms with Gasteiger partial charge in [0.2, 0.25) is 5.78 Å². The number of methoxy groups -OCH3 is 1. The first-order chi connectivity index (χ1) is 12.6. The number of halogens is 2. The van der Waals surface area contributed by atoms with Gasteiger partial charge < -0.3 is 14.6 Å². The number of benzene rings is 1. The number of nitrogens with zero attached hydrogens (tertiary/aromatic N) is 1. The van der Waals surface area contributed by atoms with Crippen LogP contribution in [-0.2, 0) is 14.6 Å². The molecule has 0 aliphatic heterocycles. The maximum atomic E-state index is 12.8. The fourth-order valence-corrected chi connectivity index (χ4v) is 3.91. The number of sulfone groups is 1. The molecule has 0 aliphatic rings. The Morgan fingerprint density at radius 1 is 1.33 bits per heavy atom. The number of alkyl halides is 1. The van der Waals surface area contributed by atoms with Gasteiger partial charge in [-0.25, -0.2) is 13.1 Å². The number of nitrogens with one attached hydrogen (secondary N) is 1. The van der Waals surface area contributed by atoms with Crippen LogP contribution in [-0.4, -0.2) is 50.6 Å². The molecule has 0 saturated heterocycles. The molecule has 0 bridgehead atoms. The smallest absolute Gasteiger partial charge is 0.278 e. The number of hydrogen-bond acceptors (Lipinski definition) is 6. The summed E-state index contributed by atoms with van der Waals surface area (Å²) in [4.78, 5) is 25.0. The number of ketones is 1. The molecule has 1 N–H and O–H groups in total. The van der Waals surface area contributed by atoms with E-state index in [1.165, 1.54) is 30.1 Å². The van der Waals surface area contributed by atoms with Crippen molar-refractivity contribution in [2.24, 2.45) is 0 Å². The molecule has 11 heteroatoms. The Hall–Kier alpha value is -1.37. The van der Waals surface area contributed by atoms with E-state index in [0.29, 0.717) is 0 Å². The Kier molecular flexibility index (Phi) is 7.11. The van der Waals surface area contributed by atoms with Crippen LogP contribution in [0, 0.1) is 0 Å². The van der Waals surface area contributed by atoms with Crippen molar-refractivity contribution in [3.05, 3.63) is 44.8 Å². The van der Waals surface area contributed by atoms with Crippen LogP contribution in [0.15, 0.2) is 28.0 Å². The Labute approximate surface area is 174 Å². The summed E-state index contributed by atoms with van der Waals surface area (Å²) >= 11 is 8.32. The number of rotatable bonds is 8. The van der Waals surface area contributed by atoms with Crippen LogP contribution >= 0.6 is 34.2 Å². The first-order valence-corrected chi connectivity index (χ1v) is 11.2. The van der Waals surface area contributed by atoms with E-state index in [1.807, 2.05) is 22.6 Å². The van der Waals surface area contributed by atoms with Crippen LogP contribution in [0.2, 0.25) is 5.02 Å². The lowest BCUT2D eigenvalue weighted by Crippen LogP contribution is -2.22. The fourth-order valence-electron chi connectivity index (χ4n) is 2.32. The van der Waals surface area contributed by atoms with E-state index in [1.54, 1.807) is 6.92 Å². The van der Waals surface area contributed by atoms with E-state index in [2.05, 4.69) is 5.10 Å². The van der Waals surface area contributed by atoms with Gasteiger partial charge in [0.1, 0.15) is 21.1 Å². The summed E-state index contributed by atoms with van der Waals surface area (Å²) in [6, 6.07) is 2.51. The molecule has 0 aliphatic carbocycles. The zero-order valence-electron chi connectivity index (χ0n) is 14.8. The van der Waals surface area contributed by atoms with Crippen LogP contribution in [0.4, 0.5) is 0 Å². The SMILES string of the molecule is COCCOc1c(S(C)(=O)=O)ccc(C(=O)c2c[nH]n(C(C)I)c2=O)c1Cl. The second-order valence-electron chi connectivity index (χ2n) is 5.63. The normalized spacial score (nSPS) is 12.8. The highest BCUT2D eigenvalue weighted by Crippen LogP contribution is 2.36. The van der Waals surface area contributed by atoms with Crippen molar-refractivity contribution in [3.8, 4) is 5.75 Å². The second kappa shape index (κ2) is 8.76. The topological polar surface area (TPSA) is 107 Å². The van der Waals surface area contributed by atoms with Crippen molar-refractivity contribution < 1.29 is 22.7 Å². The van der Waals surface area contributed by atoms with E-state index in [4.69, 9.17) is 21.1 Å². The number of ether oxygens (including phenoxy) is 2. The molecule has 0 spiro atoms. The van der Waals surface area contributed by atoms with Crippen molar-refractivity contribution in [2.45, 2.75) is 15.9 Å². The van der Waals surface area contributed by atoms with Crippen LogP contribution < -0.4 is 10.3 Å². The van der Waals surface area contributed by atoms with Gasteiger partial charge in [0.05, 0.1) is 11.6 Å². The third kappa shape index (κ3) is 4.73. The van der Waals surface area contributed by atoms with E-state index in [0.717, 1.165) is 6.26 Å². The van der Waals surface area contributed by atoms with Crippen molar-refractivity contribution in [2.75, 3.05) is 26.6 Å². The van der Waals surface area contributed by atoms with Gasteiger partial charge in [-0.15, -0.1) is 0 Å². The summed E-state index contributed by atoms with van der Waals surface area (Å²) in [5.41, 5.74) is -0.622. The summed E-state index contributed by atoms with van der Waals surface area (Å²) in [6.45, 7) is 2.02. The maximum absolute atomic E-state index is 12.8. The lowest BCUT2D eigenvalue weighted by molar-refractivity contribution is 0.103. The maximum Gasteiger partial charge on any atom is 0.278 e. The summed E-state index contributed by atoms with van der Waals surface area (Å²) in [5, 5.41) is 2.55. The Morgan fingerprint density at radius 3 is 2.52 bits per heavy atom. The van der Waals surface area contributed by atoms with Gasteiger partial charge in [0, 0.05) is 25.1 Å². The Balaban J connectivity index is 2.56. The molecule has 8 nitrogen and oxygen atoms in total.